The van der Waals surface area contributed by atoms with Gasteiger partial charge in [0.2, 0.25) is 0 Å². The van der Waals surface area contributed by atoms with E-state index in [1.54, 1.807) is 0 Å². The number of rotatable bonds is 3. The number of carbonyl (C=O) groups excluding carboxylic acids is 1. The number of benzene rings is 2. The number of nitrogens with zero attached hydrogens (tertiary/aromatic N) is 2. The van der Waals surface area contributed by atoms with Crippen LogP contribution >= 0.6 is 0 Å². The largest absolute Gasteiger partial charge is 0.388 e. The normalized spacial score (nSPS) is 13.0. The summed E-state index contributed by atoms with van der Waals surface area (Å²) in [5, 5.41) is 3.12. The van der Waals surface area contributed by atoms with Gasteiger partial charge in [0.25, 0.3) is 5.91 Å². The second-order valence-corrected chi connectivity index (χ2v) is 6.39. The standard InChI is InChI=1S/C21H21N3O/c1-22-18-9-7-15(8-10-18)17-13-20(23(2)14-17)21(25)24-12-11-16-5-3-4-6-19(16)24/h3-10,13-14,22H,11-12H2,1-2H3. The molecule has 0 saturated carbocycles. The first-order valence-corrected chi connectivity index (χ1v) is 8.51. The van der Waals surface area contributed by atoms with E-state index in [2.05, 4.69) is 23.5 Å². The van der Waals surface area contributed by atoms with Gasteiger partial charge in [0, 0.05) is 43.8 Å². The molecule has 25 heavy (non-hydrogen) atoms. The first-order chi connectivity index (χ1) is 12.2. The summed E-state index contributed by atoms with van der Waals surface area (Å²) >= 11 is 0. The fourth-order valence-electron chi connectivity index (χ4n) is 3.45. The highest BCUT2D eigenvalue weighted by atomic mass is 16.2. The minimum atomic E-state index is 0.0607. The van der Waals surface area contributed by atoms with Crippen LogP contribution in [0.1, 0.15) is 16.1 Å². The number of aromatic nitrogens is 1. The van der Waals surface area contributed by atoms with E-state index in [-0.39, 0.29) is 5.91 Å². The number of nitrogens with one attached hydrogen (secondary N) is 1. The van der Waals surface area contributed by atoms with Gasteiger partial charge < -0.3 is 14.8 Å². The Morgan fingerprint density at radius 1 is 1.04 bits per heavy atom. The van der Waals surface area contributed by atoms with Gasteiger partial charge in [-0.2, -0.15) is 0 Å². The average Bonchev–Trinajstić information content (AvgIpc) is 3.25. The van der Waals surface area contributed by atoms with E-state index in [9.17, 15) is 4.79 Å². The third-order valence-corrected chi connectivity index (χ3v) is 4.86. The average molecular weight is 331 g/mol. The predicted octanol–water partition coefficient (Wildman–Crippen LogP) is 3.94. The van der Waals surface area contributed by atoms with Gasteiger partial charge in [-0.3, -0.25) is 4.79 Å². The summed E-state index contributed by atoms with van der Waals surface area (Å²) in [6.45, 7) is 0.746. The molecule has 0 fully saturated rings. The monoisotopic (exact) mass is 331 g/mol. The van der Waals surface area contributed by atoms with Crippen LogP contribution in [0.2, 0.25) is 0 Å². The van der Waals surface area contributed by atoms with Gasteiger partial charge in [-0.25, -0.2) is 0 Å². The molecule has 4 nitrogen and oxygen atoms in total. The molecular formula is C21H21N3O. The van der Waals surface area contributed by atoms with Crippen LogP contribution in [0, 0.1) is 0 Å². The van der Waals surface area contributed by atoms with Crippen molar-refractivity contribution < 1.29 is 4.79 Å². The van der Waals surface area contributed by atoms with Crippen molar-refractivity contribution in [2.24, 2.45) is 7.05 Å². The zero-order valence-electron chi connectivity index (χ0n) is 14.5. The van der Waals surface area contributed by atoms with Crippen LogP contribution in [0.25, 0.3) is 11.1 Å². The highest BCUT2D eigenvalue weighted by Gasteiger charge is 2.27. The van der Waals surface area contributed by atoms with Crippen molar-refractivity contribution in [3.8, 4) is 11.1 Å². The third kappa shape index (κ3) is 2.70. The van der Waals surface area contributed by atoms with Crippen molar-refractivity contribution >= 4 is 17.3 Å². The SMILES string of the molecule is CNc1ccc(-c2cc(C(=O)N3CCc4ccccc43)n(C)c2)cc1. The molecule has 1 aliphatic heterocycles. The van der Waals surface area contributed by atoms with E-state index in [0.29, 0.717) is 5.69 Å². The first-order valence-electron chi connectivity index (χ1n) is 8.51. The highest BCUT2D eigenvalue weighted by molar-refractivity contribution is 6.07. The van der Waals surface area contributed by atoms with Gasteiger partial charge in [-0.1, -0.05) is 30.3 Å². The van der Waals surface area contributed by atoms with Gasteiger partial charge in [0.1, 0.15) is 5.69 Å². The summed E-state index contributed by atoms with van der Waals surface area (Å²) < 4.78 is 1.92. The number of carbonyl (C=O) groups is 1. The van der Waals surface area contributed by atoms with E-state index >= 15 is 0 Å². The molecule has 4 heteroatoms. The minimum absolute atomic E-state index is 0.0607. The Morgan fingerprint density at radius 3 is 2.56 bits per heavy atom. The van der Waals surface area contributed by atoms with Crippen molar-refractivity contribution in [3.05, 3.63) is 72.1 Å². The lowest BCUT2D eigenvalue weighted by Crippen LogP contribution is -2.30. The summed E-state index contributed by atoms with van der Waals surface area (Å²) in [6.07, 6.45) is 2.94. The summed E-state index contributed by atoms with van der Waals surface area (Å²) in [5.41, 5.74) is 6.23. The summed E-state index contributed by atoms with van der Waals surface area (Å²) in [7, 11) is 3.84. The maximum atomic E-state index is 13.1. The number of anilines is 2. The summed E-state index contributed by atoms with van der Waals surface area (Å²) in [4.78, 5) is 15.0. The Bertz CT molecular complexity index is 925. The molecule has 1 amide bonds. The van der Waals surface area contributed by atoms with E-state index < -0.39 is 0 Å². The zero-order valence-corrected chi connectivity index (χ0v) is 14.5. The Kier molecular flexibility index (Phi) is 3.80. The molecule has 126 valence electrons. The quantitative estimate of drug-likeness (QED) is 0.789. The fourth-order valence-corrected chi connectivity index (χ4v) is 3.45. The van der Waals surface area contributed by atoms with Crippen LogP contribution in [-0.4, -0.2) is 24.1 Å². The van der Waals surface area contributed by atoms with Crippen molar-refractivity contribution in [1.29, 1.82) is 0 Å². The van der Waals surface area contributed by atoms with Gasteiger partial charge in [-0.05, 0) is 41.8 Å². The van der Waals surface area contributed by atoms with Crippen molar-refractivity contribution in [2.75, 3.05) is 23.8 Å². The van der Waals surface area contributed by atoms with E-state index in [1.807, 2.05) is 66.2 Å². The molecule has 0 atom stereocenters. The van der Waals surface area contributed by atoms with E-state index in [4.69, 9.17) is 0 Å². The molecule has 1 aliphatic rings. The predicted molar refractivity (Wildman–Crippen MR) is 102 cm³/mol. The molecular weight excluding hydrogens is 310 g/mol. The summed E-state index contributed by atoms with van der Waals surface area (Å²) in [6, 6.07) is 18.4. The molecule has 0 aliphatic carbocycles. The molecule has 0 saturated heterocycles. The Balaban J connectivity index is 1.65. The fraction of sp³-hybridized carbons (Fsp3) is 0.190. The van der Waals surface area contributed by atoms with Gasteiger partial charge in [0.05, 0.1) is 0 Å². The van der Waals surface area contributed by atoms with Crippen LogP contribution in [0.3, 0.4) is 0 Å². The van der Waals surface area contributed by atoms with E-state index in [1.165, 1.54) is 5.56 Å². The van der Waals surface area contributed by atoms with Crippen LogP contribution in [-0.2, 0) is 13.5 Å². The number of fused-ring (bicyclic) bond motifs is 1. The molecule has 1 aromatic heterocycles. The lowest BCUT2D eigenvalue weighted by Gasteiger charge is -2.17. The van der Waals surface area contributed by atoms with Crippen LogP contribution in [0.5, 0.6) is 0 Å². The topological polar surface area (TPSA) is 37.3 Å². The van der Waals surface area contributed by atoms with Crippen LogP contribution in [0.4, 0.5) is 11.4 Å². The van der Waals surface area contributed by atoms with Gasteiger partial charge >= 0.3 is 0 Å². The minimum Gasteiger partial charge on any atom is -0.388 e. The van der Waals surface area contributed by atoms with Gasteiger partial charge in [0.15, 0.2) is 0 Å². The Labute approximate surface area is 147 Å². The molecule has 0 radical (unpaired) electrons. The number of hydrogen-bond acceptors (Lipinski definition) is 2. The van der Waals surface area contributed by atoms with Crippen molar-refractivity contribution in [2.45, 2.75) is 6.42 Å². The van der Waals surface area contributed by atoms with Crippen LogP contribution in [0.15, 0.2) is 60.8 Å². The molecule has 0 spiro atoms. The maximum Gasteiger partial charge on any atom is 0.274 e. The second-order valence-electron chi connectivity index (χ2n) is 6.39. The Morgan fingerprint density at radius 2 is 1.80 bits per heavy atom. The maximum absolute atomic E-state index is 13.1. The van der Waals surface area contributed by atoms with Crippen molar-refractivity contribution in [3.63, 3.8) is 0 Å². The van der Waals surface area contributed by atoms with Gasteiger partial charge in [-0.15, -0.1) is 0 Å². The van der Waals surface area contributed by atoms with Crippen LogP contribution < -0.4 is 10.2 Å². The number of aryl methyl sites for hydroxylation is 1. The smallest absolute Gasteiger partial charge is 0.274 e. The molecule has 3 aromatic rings. The molecule has 2 heterocycles. The lowest BCUT2D eigenvalue weighted by atomic mass is 10.1. The third-order valence-electron chi connectivity index (χ3n) is 4.86. The number of amides is 1. The highest BCUT2D eigenvalue weighted by Crippen LogP contribution is 2.30. The molecule has 0 bridgehead atoms. The molecule has 0 unspecified atom stereocenters. The molecule has 2 aromatic carbocycles. The molecule has 1 N–H and O–H groups in total. The second kappa shape index (κ2) is 6.13. The van der Waals surface area contributed by atoms with Crippen molar-refractivity contribution in [1.82, 2.24) is 4.57 Å². The summed E-state index contributed by atoms with van der Waals surface area (Å²) in [5.74, 6) is 0.0607. The first kappa shape index (κ1) is 15.5. The number of hydrogen-bond donors (Lipinski definition) is 1. The Hall–Kier alpha value is -3.01. The lowest BCUT2D eigenvalue weighted by molar-refractivity contribution is 0.0981. The number of para-hydroxylation sites is 1. The molecule has 4 rings (SSSR count). The van der Waals surface area contributed by atoms with E-state index in [0.717, 1.165) is 35.5 Å². The zero-order chi connectivity index (χ0) is 17.4.